The van der Waals surface area contributed by atoms with Gasteiger partial charge in [0.1, 0.15) is 0 Å². The molecule has 0 heterocycles. The van der Waals surface area contributed by atoms with Crippen molar-refractivity contribution >= 4 is 0 Å². The van der Waals surface area contributed by atoms with E-state index in [4.69, 9.17) is 0 Å². The van der Waals surface area contributed by atoms with Gasteiger partial charge in [0.15, 0.2) is 6.10 Å². The summed E-state index contributed by atoms with van der Waals surface area (Å²) in [4.78, 5) is 0. The van der Waals surface area contributed by atoms with Crippen LogP contribution < -0.4 is 0 Å². The highest BCUT2D eigenvalue weighted by Crippen LogP contribution is 2.32. The Balaban J connectivity index is 4.53. The second-order valence-corrected chi connectivity index (χ2v) is 2.39. The summed E-state index contributed by atoms with van der Waals surface area (Å²) in [7, 11) is 0. The Labute approximate surface area is 76.3 Å². The molecule has 0 amide bonds. The van der Waals surface area contributed by atoms with Crippen molar-refractivity contribution in [3.63, 3.8) is 0 Å². The highest BCUT2D eigenvalue weighted by Gasteiger charge is 2.51. The molecule has 0 saturated heterocycles. The quantitative estimate of drug-likeness (QED) is 0.495. The van der Waals surface area contributed by atoms with Crippen LogP contribution in [-0.2, 0) is 4.74 Å². The molecule has 0 aromatic carbocycles. The van der Waals surface area contributed by atoms with Crippen molar-refractivity contribution in [3.05, 3.63) is 12.8 Å². The van der Waals surface area contributed by atoms with Gasteiger partial charge in [-0.3, -0.25) is 0 Å². The molecular formula is C7H8F6O. The molecule has 0 aromatic rings. The summed E-state index contributed by atoms with van der Waals surface area (Å²) in [5, 5.41) is 0. The van der Waals surface area contributed by atoms with E-state index in [1.807, 2.05) is 0 Å². The van der Waals surface area contributed by atoms with Crippen LogP contribution in [0.15, 0.2) is 12.8 Å². The van der Waals surface area contributed by atoms with E-state index in [1.165, 1.54) is 0 Å². The number of rotatable bonds is 6. The van der Waals surface area contributed by atoms with Crippen LogP contribution in [0.3, 0.4) is 0 Å². The fourth-order valence-electron chi connectivity index (χ4n) is 0.722. The first-order valence-electron chi connectivity index (χ1n) is 3.52. The maximum Gasteiger partial charge on any atom is 0.343 e. The minimum Gasteiger partial charge on any atom is -0.492 e. The lowest BCUT2D eigenvalue weighted by molar-refractivity contribution is -0.201. The highest BCUT2D eigenvalue weighted by molar-refractivity contribution is 4.82. The van der Waals surface area contributed by atoms with Gasteiger partial charge in [-0.15, -0.1) is 0 Å². The number of alkyl halides is 6. The van der Waals surface area contributed by atoms with Gasteiger partial charge in [0.05, 0.1) is 12.7 Å². The minimum atomic E-state index is -4.61. The Morgan fingerprint density at radius 3 is 2.00 bits per heavy atom. The fraction of sp³-hybridized carbons (Fsp3) is 0.714. The molecule has 0 saturated carbocycles. The summed E-state index contributed by atoms with van der Waals surface area (Å²) in [6.07, 6.45) is -10.8. The Bertz CT molecular complexity index is 181. The lowest BCUT2D eigenvalue weighted by atomic mass is 10.1. The van der Waals surface area contributed by atoms with Gasteiger partial charge in [-0.25, -0.2) is 17.6 Å². The number of halogens is 6. The van der Waals surface area contributed by atoms with Crippen molar-refractivity contribution in [1.29, 1.82) is 0 Å². The van der Waals surface area contributed by atoms with E-state index in [2.05, 4.69) is 11.3 Å². The standard InChI is InChI=1S/C7H8F6O/c1-2-14-4(3-5(8)9)7(12,13)6(10)11/h2,4-6H,1,3H2. The average molecular weight is 222 g/mol. The normalized spacial score (nSPS) is 14.6. The van der Waals surface area contributed by atoms with Gasteiger partial charge in [0, 0.05) is 0 Å². The number of hydrogen-bond acceptors (Lipinski definition) is 1. The third kappa shape index (κ3) is 3.47. The van der Waals surface area contributed by atoms with Crippen LogP contribution in [0.4, 0.5) is 26.3 Å². The van der Waals surface area contributed by atoms with Gasteiger partial charge in [0.25, 0.3) is 0 Å². The molecule has 0 aliphatic rings. The summed E-state index contributed by atoms with van der Waals surface area (Å²) >= 11 is 0. The highest BCUT2D eigenvalue weighted by atomic mass is 19.3. The molecule has 0 rings (SSSR count). The molecule has 1 unspecified atom stereocenters. The van der Waals surface area contributed by atoms with Gasteiger partial charge < -0.3 is 4.74 Å². The van der Waals surface area contributed by atoms with Crippen LogP contribution in [-0.4, -0.2) is 24.9 Å². The Kier molecular flexibility index (Phi) is 4.79. The van der Waals surface area contributed by atoms with Crippen molar-refractivity contribution in [1.82, 2.24) is 0 Å². The van der Waals surface area contributed by atoms with Crippen LogP contribution in [0.25, 0.3) is 0 Å². The monoisotopic (exact) mass is 222 g/mol. The minimum absolute atomic E-state index is 0.434. The molecule has 0 fully saturated rings. The molecule has 1 atom stereocenters. The zero-order valence-corrected chi connectivity index (χ0v) is 6.90. The lowest BCUT2D eigenvalue weighted by Crippen LogP contribution is -2.42. The molecule has 1 nitrogen and oxygen atoms in total. The van der Waals surface area contributed by atoms with Crippen LogP contribution in [0.1, 0.15) is 6.42 Å². The zero-order chi connectivity index (χ0) is 11.4. The molecule has 0 aromatic heterocycles. The van der Waals surface area contributed by atoms with E-state index in [1.54, 1.807) is 0 Å². The summed E-state index contributed by atoms with van der Waals surface area (Å²) in [6, 6.07) is 0. The summed E-state index contributed by atoms with van der Waals surface area (Å²) in [5.74, 6) is -4.61. The number of ether oxygens (including phenoxy) is 1. The third-order valence-electron chi connectivity index (χ3n) is 1.37. The van der Waals surface area contributed by atoms with E-state index in [0.717, 1.165) is 0 Å². The maximum atomic E-state index is 12.5. The second kappa shape index (κ2) is 5.11. The Hall–Kier alpha value is -0.880. The van der Waals surface area contributed by atoms with Crippen LogP contribution >= 0.6 is 0 Å². The van der Waals surface area contributed by atoms with Gasteiger partial charge >= 0.3 is 12.3 Å². The van der Waals surface area contributed by atoms with Gasteiger partial charge in [0.2, 0.25) is 6.43 Å². The molecule has 0 bridgehead atoms. The van der Waals surface area contributed by atoms with Crippen molar-refractivity contribution in [2.75, 3.05) is 0 Å². The van der Waals surface area contributed by atoms with E-state index >= 15 is 0 Å². The van der Waals surface area contributed by atoms with Crippen molar-refractivity contribution in [2.24, 2.45) is 0 Å². The van der Waals surface area contributed by atoms with Crippen LogP contribution in [0, 0.1) is 0 Å². The van der Waals surface area contributed by atoms with Crippen molar-refractivity contribution in [2.45, 2.75) is 31.3 Å². The molecule has 0 radical (unpaired) electrons. The van der Waals surface area contributed by atoms with Gasteiger partial charge in [-0.05, 0) is 0 Å². The zero-order valence-electron chi connectivity index (χ0n) is 6.90. The molecule has 84 valence electrons. The van der Waals surface area contributed by atoms with E-state index in [9.17, 15) is 26.3 Å². The molecule has 14 heavy (non-hydrogen) atoms. The molecular weight excluding hydrogens is 214 g/mol. The van der Waals surface area contributed by atoms with Crippen LogP contribution in [0.2, 0.25) is 0 Å². The largest absolute Gasteiger partial charge is 0.492 e. The first-order valence-corrected chi connectivity index (χ1v) is 3.52. The maximum absolute atomic E-state index is 12.5. The SMILES string of the molecule is C=COC(CC(F)F)C(F)(F)C(F)F. The fourth-order valence-corrected chi connectivity index (χ4v) is 0.722. The van der Waals surface area contributed by atoms with Gasteiger partial charge in [-0.2, -0.15) is 8.78 Å². The lowest BCUT2D eigenvalue weighted by Gasteiger charge is -2.24. The molecule has 0 aliphatic carbocycles. The first-order chi connectivity index (χ1) is 6.32. The van der Waals surface area contributed by atoms with E-state index in [-0.39, 0.29) is 0 Å². The average Bonchev–Trinajstić information content (AvgIpc) is 2.02. The van der Waals surface area contributed by atoms with E-state index in [0.29, 0.717) is 6.26 Å². The van der Waals surface area contributed by atoms with Crippen molar-refractivity contribution in [3.8, 4) is 0 Å². The number of hydrogen-bond donors (Lipinski definition) is 0. The van der Waals surface area contributed by atoms with Crippen molar-refractivity contribution < 1.29 is 31.1 Å². The Morgan fingerprint density at radius 2 is 1.71 bits per heavy atom. The summed E-state index contributed by atoms with van der Waals surface area (Å²) in [6.45, 7) is 2.84. The molecule has 7 heteroatoms. The second-order valence-electron chi connectivity index (χ2n) is 2.39. The molecule has 0 aliphatic heterocycles. The smallest absolute Gasteiger partial charge is 0.343 e. The predicted octanol–water partition coefficient (Wildman–Crippen LogP) is 3.07. The topological polar surface area (TPSA) is 9.23 Å². The van der Waals surface area contributed by atoms with E-state index < -0.39 is 31.3 Å². The van der Waals surface area contributed by atoms with Crippen LogP contribution in [0.5, 0.6) is 0 Å². The Morgan fingerprint density at radius 1 is 1.21 bits per heavy atom. The summed E-state index contributed by atoms with van der Waals surface area (Å²) in [5.41, 5.74) is 0. The summed E-state index contributed by atoms with van der Waals surface area (Å²) < 4.78 is 75.8. The molecule has 0 spiro atoms. The molecule has 0 N–H and O–H groups in total. The predicted molar refractivity (Wildman–Crippen MR) is 36.6 cm³/mol. The van der Waals surface area contributed by atoms with Gasteiger partial charge in [-0.1, -0.05) is 6.58 Å². The first kappa shape index (κ1) is 13.1. The third-order valence-corrected chi connectivity index (χ3v) is 1.37.